The zero-order valence-corrected chi connectivity index (χ0v) is 18.5. The molecule has 0 spiro atoms. The lowest BCUT2D eigenvalue weighted by molar-refractivity contribution is 0.227. The Morgan fingerprint density at radius 3 is 2.40 bits per heavy atom. The number of rotatable bonds is 2. The van der Waals surface area contributed by atoms with E-state index in [-0.39, 0.29) is 16.9 Å². The van der Waals surface area contributed by atoms with Crippen LogP contribution in [0.5, 0.6) is 0 Å². The van der Waals surface area contributed by atoms with Crippen LogP contribution in [-0.2, 0) is 5.41 Å². The normalized spacial score (nSPS) is 23.4. The lowest BCUT2D eigenvalue weighted by Crippen LogP contribution is -2.31. The molecule has 2 bridgehead atoms. The summed E-state index contributed by atoms with van der Waals surface area (Å²) in [6.07, 6.45) is 2.31. The van der Waals surface area contributed by atoms with Crippen molar-refractivity contribution in [3.8, 4) is 0 Å². The molecule has 1 saturated carbocycles. The Kier molecular flexibility index (Phi) is 4.28. The van der Waals surface area contributed by atoms with Gasteiger partial charge in [0, 0.05) is 22.7 Å². The Morgan fingerprint density at radius 2 is 1.67 bits per heavy atom. The molecule has 0 radical (unpaired) electrons. The number of fused-ring (bicyclic) bond motifs is 6. The maximum Gasteiger partial charge on any atom is 0.323 e. The van der Waals surface area contributed by atoms with Gasteiger partial charge in [-0.2, -0.15) is 0 Å². The minimum atomic E-state index is -0.366. The molecule has 1 heterocycles. The molecule has 2 atom stereocenters. The third kappa shape index (κ3) is 2.79. The van der Waals surface area contributed by atoms with E-state index in [1.165, 1.54) is 0 Å². The van der Waals surface area contributed by atoms with Crippen LogP contribution in [0.3, 0.4) is 0 Å². The zero-order valence-electron chi connectivity index (χ0n) is 17.0. The Morgan fingerprint density at radius 1 is 0.967 bits per heavy atom. The predicted molar refractivity (Wildman–Crippen MR) is 122 cm³/mol. The van der Waals surface area contributed by atoms with Gasteiger partial charge in [0.05, 0.1) is 32.5 Å². The molecule has 5 rings (SSSR count). The van der Waals surface area contributed by atoms with E-state index in [0.29, 0.717) is 27.3 Å². The van der Waals surface area contributed by atoms with Gasteiger partial charge in [-0.3, -0.25) is 0 Å². The van der Waals surface area contributed by atoms with Gasteiger partial charge in [-0.1, -0.05) is 44.0 Å². The second-order valence-electron chi connectivity index (χ2n) is 9.01. The number of amides is 2. The van der Waals surface area contributed by atoms with Crippen molar-refractivity contribution in [2.45, 2.75) is 44.9 Å². The molecular formula is C23H22Cl2N4O. The van der Waals surface area contributed by atoms with E-state index in [2.05, 4.69) is 31.4 Å². The monoisotopic (exact) mass is 440 g/mol. The molecule has 2 aromatic carbocycles. The molecule has 1 aromatic heterocycles. The SMILES string of the molecule is CC12CCC(c3nc4cc(NC(=O)Nc5ccc(Cl)c(Cl)c5)ccc4nc31)C2(C)C. The second kappa shape index (κ2) is 6.56. The van der Waals surface area contributed by atoms with E-state index in [9.17, 15) is 4.79 Å². The highest BCUT2D eigenvalue weighted by Crippen LogP contribution is 2.66. The molecule has 0 saturated heterocycles. The number of carbonyl (C=O) groups excluding carboxylic acids is 1. The van der Waals surface area contributed by atoms with E-state index in [0.717, 1.165) is 35.3 Å². The van der Waals surface area contributed by atoms with Crippen molar-refractivity contribution >= 4 is 51.6 Å². The number of hydrogen-bond acceptors (Lipinski definition) is 3. The molecule has 3 aromatic rings. The highest BCUT2D eigenvalue weighted by Gasteiger charge is 2.61. The Labute approximate surface area is 185 Å². The van der Waals surface area contributed by atoms with Crippen molar-refractivity contribution < 1.29 is 4.79 Å². The molecule has 30 heavy (non-hydrogen) atoms. The molecule has 0 aliphatic heterocycles. The smallest absolute Gasteiger partial charge is 0.308 e. The van der Waals surface area contributed by atoms with E-state index < -0.39 is 0 Å². The third-order valence-electron chi connectivity index (χ3n) is 7.21. The van der Waals surface area contributed by atoms with Crippen LogP contribution in [0.15, 0.2) is 36.4 Å². The van der Waals surface area contributed by atoms with Crippen LogP contribution in [-0.4, -0.2) is 16.0 Å². The Balaban J connectivity index is 1.42. The molecule has 2 amide bonds. The van der Waals surface area contributed by atoms with Crippen LogP contribution in [0.4, 0.5) is 16.2 Å². The van der Waals surface area contributed by atoms with E-state index in [1.54, 1.807) is 18.2 Å². The van der Waals surface area contributed by atoms with Crippen LogP contribution < -0.4 is 10.6 Å². The van der Waals surface area contributed by atoms with E-state index >= 15 is 0 Å². The first-order valence-corrected chi connectivity index (χ1v) is 10.8. The summed E-state index contributed by atoms with van der Waals surface area (Å²) in [6.45, 7) is 6.99. The summed E-state index contributed by atoms with van der Waals surface area (Å²) in [6, 6.07) is 10.2. The topological polar surface area (TPSA) is 66.9 Å². The van der Waals surface area contributed by atoms with Crippen LogP contribution >= 0.6 is 23.2 Å². The lowest BCUT2D eigenvalue weighted by atomic mass is 9.70. The molecule has 2 aliphatic rings. The number of urea groups is 1. The second-order valence-corrected chi connectivity index (χ2v) is 9.83. The fourth-order valence-corrected chi connectivity index (χ4v) is 5.36. The average molecular weight is 441 g/mol. The van der Waals surface area contributed by atoms with Gasteiger partial charge in [-0.15, -0.1) is 0 Å². The minimum absolute atomic E-state index is 0.0743. The van der Waals surface area contributed by atoms with Gasteiger partial charge in [0.25, 0.3) is 0 Å². The number of aromatic nitrogens is 2. The van der Waals surface area contributed by atoms with Crippen molar-refractivity contribution in [2.24, 2.45) is 5.41 Å². The summed E-state index contributed by atoms with van der Waals surface area (Å²) in [5.74, 6) is 0.434. The fourth-order valence-electron chi connectivity index (χ4n) is 5.06. The van der Waals surface area contributed by atoms with Gasteiger partial charge in [0.2, 0.25) is 0 Å². The number of anilines is 2. The number of carbonyl (C=O) groups is 1. The first-order chi connectivity index (χ1) is 14.2. The van der Waals surface area contributed by atoms with Crippen molar-refractivity contribution in [1.82, 2.24) is 9.97 Å². The molecule has 5 nitrogen and oxygen atoms in total. The summed E-state index contributed by atoms with van der Waals surface area (Å²) in [7, 11) is 0. The number of hydrogen-bond donors (Lipinski definition) is 2. The van der Waals surface area contributed by atoms with Gasteiger partial charge < -0.3 is 10.6 Å². The highest BCUT2D eigenvalue weighted by atomic mass is 35.5. The molecule has 2 unspecified atom stereocenters. The van der Waals surface area contributed by atoms with Crippen LogP contribution in [0.2, 0.25) is 10.0 Å². The summed E-state index contributed by atoms with van der Waals surface area (Å²) in [5, 5.41) is 6.43. The van der Waals surface area contributed by atoms with E-state index in [4.69, 9.17) is 33.2 Å². The molecular weight excluding hydrogens is 419 g/mol. The van der Waals surface area contributed by atoms with Gasteiger partial charge >= 0.3 is 6.03 Å². The maximum absolute atomic E-state index is 12.4. The number of halogens is 2. The summed E-state index contributed by atoms with van der Waals surface area (Å²) in [5.41, 5.74) is 5.38. The van der Waals surface area contributed by atoms with Crippen molar-refractivity contribution in [3.63, 3.8) is 0 Å². The van der Waals surface area contributed by atoms with Crippen molar-refractivity contribution in [1.29, 1.82) is 0 Å². The largest absolute Gasteiger partial charge is 0.323 e. The van der Waals surface area contributed by atoms with Gasteiger partial charge in [0.15, 0.2) is 0 Å². The third-order valence-corrected chi connectivity index (χ3v) is 7.94. The Hall–Kier alpha value is -2.37. The maximum atomic E-state index is 12.4. The average Bonchev–Trinajstić information content (AvgIpc) is 3.01. The number of benzene rings is 2. The quantitative estimate of drug-likeness (QED) is 0.462. The van der Waals surface area contributed by atoms with Gasteiger partial charge in [-0.05, 0) is 54.7 Å². The van der Waals surface area contributed by atoms with Gasteiger partial charge in [-0.25, -0.2) is 14.8 Å². The predicted octanol–water partition coefficient (Wildman–Crippen LogP) is 6.76. The summed E-state index contributed by atoms with van der Waals surface area (Å²) < 4.78 is 0. The number of nitrogens with one attached hydrogen (secondary N) is 2. The molecule has 1 fully saturated rings. The Bertz CT molecular complexity index is 1210. The minimum Gasteiger partial charge on any atom is -0.308 e. The number of nitrogens with zero attached hydrogens (tertiary/aromatic N) is 2. The van der Waals surface area contributed by atoms with Gasteiger partial charge in [0.1, 0.15) is 0 Å². The molecule has 7 heteroatoms. The van der Waals surface area contributed by atoms with E-state index in [1.807, 2.05) is 18.2 Å². The highest BCUT2D eigenvalue weighted by molar-refractivity contribution is 6.42. The standard InChI is InChI=1S/C23H22Cl2N4O/c1-22(2)14-8-9-23(22,3)20-19(14)28-18-11-13(5-7-17(18)29-20)27-21(30)26-12-4-6-15(24)16(25)10-12/h4-7,10-11,14H,8-9H2,1-3H3,(H2,26,27,30). The fraction of sp³-hybridized carbons (Fsp3) is 0.348. The van der Waals surface area contributed by atoms with Crippen molar-refractivity contribution in [2.75, 3.05) is 10.6 Å². The molecule has 2 N–H and O–H groups in total. The molecule has 2 aliphatic carbocycles. The summed E-state index contributed by atoms with van der Waals surface area (Å²) >= 11 is 11.9. The first-order valence-electron chi connectivity index (χ1n) is 10.0. The first kappa shape index (κ1) is 19.6. The van der Waals surface area contributed by atoms with Crippen LogP contribution in [0.25, 0.3) is 11.0 Å². The molecule has 154 valence electrons. The van der Waals surface area contributed by atoms with Crippen molar-refractivity contribution in [3.05, 3.63) is 57.8 Å². The van der Waals surface area contributed by atoms with Crippen LogP contribution in [0, 0.1) is 5.41 Å². The van der Waals surface area contributed by atoms with Crippen LogP contribution in [0.1, 0.15) is 50.9 Å². The zero-order chi connectivity index (χ0) is 21.3. The summed E-state index contributed by atoms with van der Waals surface area (Å²) in [4.78, 5) is 22.4. The lowest BCUT2D eigenvalue weighted by Gasteiger charge is -2.34.